The molecule has 0 N–H and O–H groups in total. The van der Waals surface area contributed by atoms with E-state index < -0.39 is 11.7 Å². The molecule has 0 saturated carbocycles. The van der Waals surface area contributed by atoms with Crippen LogP contribution in [0.25, 0.3) is 0 Å². The molecule has 0 radical (unpaired) electrons. The third kappa shape index (κ3) is 2.80. The van der Waals surface area contributed by atoms with E-state index in [0.29, 0.717) is 38.2 Å². The number of imidazole rings is 1. The molecule has 9 heteroatoms. The van der Waals surface area contributed by atoms with E-state index in [-0.39, 0.29) is 11.8 Å². The molecule has 1 saturated heterocycles. The van der Waals surface area contributed by atoms with E-state index in [1.54, 1.807) is 41.0 Å². The maximum Gasteiger partial charge on any atom is 0.273 e. The van der Waals surface area contributed by atoms with Crippen molar-refractivity contribution in [2.24, 2.45) is 0 Å². The number of rotatable bonds is 2. The quantitative estimate of drug-likeness (QED) is 0.781. The molecule has 138 valence electrons. The molecule has 0 aromatic carbocycles. The van der Waals surface area contributed by atoms with E-state index in [4.69, 9.17) is 4.74 Å². The second-order valence-corrected chi connectivity index (χ2v) is 7.62. The standard InChI is InChI=1S/C17H21N5O3S/c1-20(2)15(24)13-9-22-8-5-18-16(22)17(25-13)3-6-21(7-4-17)14(23)12-10-26-11-19-12/h5,8,10-11,13H,3-4,6-7,9H2,1-2H3/t13-/m0/s1. The van der Waals surface area contributed by atoms with Gasteiger partial charge in [-0.25, -0.2) is 9.97 Å². The molecule has 2 aromatic rings. The SMILES string of the molecule is CN(C)C(=O)[C@@H]1Cn2ccnc2C2(CCN(C(=O)c3cscn3)CC2)O1. The fraction of sp³-hybridized carbons (Fsp3) is 0.529. The van der Waals surface area contributed by atoms with Crippen LogP contribution in [0.4, 0.5) is 0 Å². The first-order valence-corrected chi connectivity index (χ1v) is 9.52. The summed E-state index contributed by atoms with van der Waals surface area (Å²) in [5, 5.41) is 1.77. The lowest BCUT2D eigenvalue weighted by atomic mass is 9.88. The van der Waals surface area contributed by atoms with Crippen LogP contribution in [0.3, 0.4) is 0 Å². The Kier molecular flexibility index (Phi) is 4.28. The number of carbonyl (C=O) groups is 2. The first-order valence-electron chi connectivity index (χ1n) is 8.58. The van der Waals surface area contributed by atoms with Gasteiger partial charge in [0.2, 0.25) is 0 Å². The minimum Gasteiger partial charge on any atom is -0.352 e. The number of hydrogen-bond donors (Lipinski definition) is 0. The number of fused-ring (bicyclic) bond motifs is 2. The summed E-state index contributed by atoms with van der Waals surface area (Å²) in [6, 6.07) is 0. The molecule has 4 rings (SSSR count). The first kappa shape index (κ1) is 17.2. The Bertz CT molecular complexity index is 808. The second kappa shape index (κ2) is 6.48. The van der Waals surface area contributed by atoms with Gasteiger partial charge in [-0.15, -0.1) is 11.3 Å². The largest absolute Gasteiger partial charge is 0.352 e. The lowest BCUT2D eigenvalue weighted by Gasteiger charge is -2.45. The summed E-state index contributed by atoms with van der Waals surface area (Å²) in [4.78, 5) is 37.0. The highest BCUT2D eigenvalue weighted by atomic mass is 32.1. The van der Waals surface area contributed by atoms with Gasteiger partial charge in [-0.3, -0.25) is 9.59 Å². The minimum absolute atomic E-state index is 0.0512. The zero-order valence-electron chi connectivity index (χ0n) is 14.8. The predicted octanol–water partition coefficient (Wildman–Crippen LogP) is 0.958. The average Bonchev–Trinajstić information content (AvgIpc) is 3.33. The Labute approximate surface area is 155 Å². The second-order valence-electron chi connectivity index (χ2n) is 6.90. The topological polar surface area (TPSA) is 80.6 Å². The number of nitrogens with zero attached hydrogens (tertiary/aromatic N) is 5. The van der Waals surface area contributed by atoms with E-state index in [1.165, 1.54) is 11.3 Å². The summed E-state index contributed by atoms with van der Waals surface area (Å²) < 4.78 is 8.32. The van der Waals surface area contributed by atoms with Crippen molar-refractivity contribution in [1.82, 2.24) is 24.3 Å². The summed E-state index contributed by atoms with van der Waals surface area (Å²) in [5.41, 5.74) is 1.52. The Hall–Kier alpha value is -2.26. The summed E-state index contributed by atoms with van der Waals surface area (Å²) in [5.74, 6) is 0.743. The summed E-state index contributed by atoms with van der Waals surface area (Å²) in [6.07, 6.45) is 4.32. The fourth-order valence-electron chi connectivity index (χ4n) is 3.71. The molecule has 0 bridgehead atoms. The van der Waals surface area contributed by atoms with Crippen LogP contribution in [0, 0.1) is 0 Å². The molecule has 26 heavy (non-hydrogen) atoms. The van der Waals surface area contributed by atoms with Crippen LogP contribution in [0.1, 0.15) is 29.2 Å². The number of amides is 2. The van der Waals surface area contributed by atoms with Crippen molar-refractivity contribution in [3.8, 4) is 0 Å². The molecule has 2 aromatic heterocycles. The Balaban J connectivity index is 1.55. The summed E-state index contributed by atoms with van der Waals surface area (Å²) in [6.45, 7) is 1.56. The van der Waals surface area contributed by atoms with Crippen molar-refractivity contribution in [3.05, 3.63) is 34.8 Å². The van der Waals surface area contributed by atoms with Crippen molar-refractivity contribution in [1.29, 1.82) is 0 Å². The van der Waals surface area contributed by atoms with Crippen molar-refractivity contribution in [2.75, 3.05) is 27.2 Å². The highest BCUT2D eigenvalue weighted by Gasteiger charge is 2.48. The maximum absolute atomic E-state index is 12.5. The van der Waals surface area contributed by atoms with Gasteiger partial charge in [0.15, 0.2) is 6.10 Å². The van der Waals surface area contributed by atoms with Crippen molar-refractivity contribution in [3.63, 3.8) is 0 Å². The van der Waals surface area contributed by atoms with Gasteiger partial charge in [-0.05, 0) is 0 Å². The third-order valence-electron chi connectivity index (χ3n) is 5.08. The highest BCUT2D eigenvalue weighted by Crippen LogP contribution is 2.40. The van der Waals surface area contributed by atoms with E-state index in [2.05, 4.69) is 9.97 Å². The molecule has 8 nitrogen and oxygen atoms in total. The lowest BCUT2D eigenvalue weighted by Crippen LogP contribution is -2.54. The number of likely N-dealkylation sites (tertiary alicyclic amines) is 1. The highest BCUT2D eigenvalue weighted by molar-refractivity contribution is 7.07. The molecule has 1 atom stereocenters. The van der Waals surface area contributed by atoms with Gasteiger partial charge in [-0.1, -0.05) is 0 Å². The lowest BCUT2D eigenvalue weighted by molar-refractivity contribution is -0.178. The van der Waals surface area contributed by atoms with Crippen molar-refractivity contribution >= 4 is 23.2 Å². The summed E-state index contributed by atoms with van der Waals surface area (Å²) in [7, 11) is 3.47. The molecule has 2 aliphatic heterocycles. The normalized spacial score (nSPS) is 21.5. The summed E-state index contributed by atoms with van der Waals surface area (Å²) >= 11 is 1.41. The molecule has 4 heterocycles. The van der Waals surface area contributed by atoms with Crippen LogP contribution in [0.2, 0.25) is 0 Å². The number of likely N-dealkylation sites (N-methyl/N-ethyl adjacent to an activating group) is 1. The average molecular weight is 375 g/mol. The van der Waals surface area contributed by atoms with Crippen LogP contribution in [-0.2, 0) is 21.7 Å². The molecule has 1 fully saturated rings. The van der Waals surface area contributed by atoms with Gasteiger partial charge < -0.3 is 19.1 Å². The fourth-order valence-corrected chi connectivity index (χ4v) is 4.23. The van der Waals surface area contributed by atoms with Gasteiger partial charge in [0, 0.05) is 57.8 Å². The van der Waals surface area contributed by atoms with E-state index in [9.17, 15) is 9.59 Å². The number of thiazole rings is 1. The van der Waals surface area contributed by atoms with Gasteiger partial charge in [0.25, 0.3) is 11.8 Å². The third-order valence-corrected chi connectivity index (χ3v) is 5.67. The number of hydrogen-bond acceptors (Lipinski definition) is 6. The van der Waals surface area contributed by atoms with Gasteiger partial charge in [0.05, 0.1) is 12.1 Å². The number of ether oxygens (including phenoxy) is 1. The van der Waals surface area contributed by atoms with Crippen LogP contribution in [0.5, 0.6) is 0 Å². The minimum atomic E-state index is -0.628. The number of piperidine rings is 1. The number of carbonyl (C=O) groups excluding carboxylic acids is 2. The monoisotopic (exact) mass is 375 g/mol. The van der Waals surface area contributed by atoms with Crippen LogP contribution < -0.4 is 0 Å². The van der Waals surface area contributed by atoms with Gasteiger partial charge >= 0.3 is 0 Å². The van der Waals surface area contributed by atoms with Crippen LogP contribution >= 0.6 is 11.3 Å². The van der Waals surface area contributed by atoms with Crippen molar-refractivity contribution in [2.45, 2.75) is 31.1 Å². The predicted molar refractivity (Wildman–Crippen MR) is 94.7 cm³/mol. The Morgan fingerprint density at radius 1 is 1.31 bits per heavy atom. The van der Waals surface area contributed by atoms with Gasteiger partial charge in [-0.2, -0.15) is 0 Å². The van der Waals surface area contributed by atoms with Crippen LogP contribution in [0.15, 0.2) is 23.3 Å². The Morgan fingerprint density at radius 3 is 2.73 bits per heavy atom. The molecule has 1 spiro atoms. The maximum atomic E-state index is 12.5. The first-order chi connectivity index (χ1) is 12.5. The zero-order chi connectivity index (χ0) is 18.3. The molecule has 2 aliphatic rings. The zero-order valence-corrected chi connectivity index (χ0v) is 15.6. The smallest absolute Gasteiger partial charge is 0.273 e. The molecular formula is C17H21N5O3S. The number of aromatic nitrogens is 3. The van der Waals surface area contributed by atoms with Crippen molar-refractivity contribution < 1.29 is 14.3 Å². The van der Waals surface area contributed by atoms with E-state index in [1.807, 2.05) is 10.8 Å². The Morgan fingerprint density at radius 2 is 2.08 bits per heavy atom. The molecule has 0 aliphatic carbocycles. The molecule has 0 unspecified atom stereocenters. The van der Waals surface area contributed by atoms with E-state index >= 15 is 0 Å². The van der Waals surface area contributed by atoms with Crippen LogP contribution in [-0.4, -0.2) is 69.4 Å². The van der Waals surface area contributed by atoms with E-state index in [0.717, 1.165) is 5.82 Å². The van der Waals surface area contributed by atoms with Gasteiger partial charge in [0.1, 0.15) is 17.1 Å². The molecular weight excluding hydrogens is 354 g/mol. The molecule has 2 amide bonds.